The zero-order valence-corrected chi connectivity index (χ0v) is 21.8. The number of aromatic nitrogens is 1. The van der Waals surface area contributed by atoms with Gasteiger partial charge in [0.25, 0.3) is 5.91 Å². The van der Waals surface area contributed by atoms with Crippen molar-refractivity contribution in [2.24, 2.45) is 0 Å². The molecule has 0 radical (unpaired) electrons. The van der Waals surface area contributed by atoms with Crippen molar-refractivity contribution in [2.75, 3.05) is 39.3 Å². The third kappa shape index (κ3) is 4.92. The summed E-state index contributed by atoms with van der Waals surface area (Å²) in [6.07, 6.45) is 3.10. The number of aromatic amines is 1. The van der Waals surface area contributed by atoms with E-state index in [1.54, 1.807) is 6.92 Å². The highest BCUT2D eigenvalue weighted by Gasteiger charge is 2.28. The summed E-state index contributed by atoms with van der Waals surface area (Å²) in [6, 6.07) is 14.9. The molecule has 2 aliphatic heterocycles. The Labute approximate surface area is 214 Å². The predicted octanol–water partition coefficient (Wildman–Crippen LogP) is 4.86. The Bertz CT molecular complexity index is 1230. The number of likely N-dealkylation sites (tertiary alicyclic amines) is 1. The Morgan fingerprint density at radius 1 is 0.861 bits per heavy atom. The van der Waals surface area contributed by atoms with E-state index in [1.807, 2.05) is 15.9 Å². The minimum atomic E-state index is 0.0528. The van der Waals surface area contributed by atoms with Crippen LogP contribution in [0.3, 0.4) is 0 Å². The fourth-order valence-corrected chi connectivity index (χ4v) is 6.22. The molecular weight excluding hydrogens is 448 g/mol. The number of nitrogens with one attached hydrogen (secondary N) is 1. The molecule has 190 valence electrons. The van der Waals surface area contributed by atoms with Crippen LogP contribution in [-0.2, 0) is 11.3 Å². The maximum Gasteiger partial charge on any atom is 0.270 e. The van der Waals surface area contributed by atoms with Crippen molar-refractivity contribution in [1.29, 1.82) is 0 Å². The van der Waals surface area contributed by atoms with Gasteiger partial charge in [0.2, 0.25) is 5.91 Å². The topological polar surface area (TPSA) is 59.7 Å². The molecule has 0 saturated carbocycles. The maximum absolute atomic E-state index is 13.7. The molecule has 2 saturated heterocycles. The summed E-state index contributed by atoms with van der Waals surface area (Å²) in [6.45, 7) is 11.5. The first-order chi connectivity index (χ1) is 17.4. The fourth-order valence-electron chi connectivity index (χ4n) is 6.22. The molecule has 0 spiro atoms. The van der Waals surface area contributed by atoms with Crippen molar-refractivity contribution in [3.63, 3.8) is 0 Å². The minimum Gasteiger partial charge on any atom is -0.350 e. The molecule has 2 aromatic carbocycles. The van der Waals surface area contributed by atoms with Crippen LogP contribution in [0.5, 0.6) is 0 Å². The molecule has 0 aliphatic carbocycles. The van der Waals surface area contributed by atoms with E-state index in [0.29, 0.717) is 37.8 Å². The van der Waals surface area contributed by atoms with Gasteiger partial charge in [0.15, 0.2) is 0 Å². The Hall–Kier alpha value is -3.12. The molecule has 0 bridgehead atoms. The number of H-pyrrole nitrogens is 1. The standard InChI is InChI=1S/C30H38N4O2/c1-21-8-6-9-22(2)28(21)24-12-16-32(17-13-24)20-26-25-10-4-5-11-27(25)31-29(26)30(36)34-15-7-14-33(18-19-34)23(3)35/h4-6,8-11,24,31H,7,12-20H2,1-3H3. The van der Waals surface area contributed by atoms with Crippen LogP contribution in [0.25, 0.3) is 10.9 Å². The summed E-state index contributed by atoms with van der Waals surface area (Å²) < 4.78 is 0. The molecular formula is C30H38N4O2. The lowest BCUT2D eigenvalue weighted by atomic mass is 9.84. The summed E-state index contributed by atoms with van der Waals surface area (Å²) in [5.41, 5.74) is 7.16. The number of benzene rings is 2. The number of hydrogen-bond acceptors (Lipinski definition) is 3. The van der Waals surface area contributed by atoms with Crippen molar-refractivity contribution in [3.05, 3.63) is 70.4 Å². The molecule has 3 heterocycles. The number of amides is 2. The number of hydrogen-bond donors (Lipinski definition) is 1. The second-order valence-electron chi connectivity index (χ2n) is 10.5. The van der Waals surface area contributed by atoms with Crippen molar-refractivity contribution in [2.45, 2.75) is 52.5 Å². The molecule has 0 atom stereocenters. The van der Waals surface area contributed by atoms with Gasteiger partial charge in [-0.05, 0) is 74.9 Å². The van der Waals surface area contributed by atoms with Crippen LogP contribution in [0, 0.1) is 13.8 Å². The quantitative estimate of drug-likeness (QED) is 0.573. The predicted molar refractivity (Wildman–Crippen MR) is 144 cm³/mol. The van der Waals surface area contributed by atoms with Gasteiger partial charge >= 0.3 is 0 Å². The van der Waals surface area contributed by atoms with E-state index in [9.17, 15) is 9.59 Å². The molecule has 6 heteroatoms. The first-order valence-electron chi connectivity index (χ1n) is 13.3. The molecule has 2 aliphatic rings. The van der Waals surface area contributed by atoms with Crippen LogP contribution in [0.1, 0.15) is 64.8 Å². The minimum absolute atomic E-state index is 0.0528. The number of piperidine rings is 1. The van der Waals surface area contributed by atoms with Gasteiger partial charge in [-0.25, -0.2) is 0 Å². The first-order valence-corrected chi connectivity index (χ1v) is 13.3. The van der Waals surface area contributed by atoms with Gasteiger partial charge in [0.05, 0.1) is 0 Å². The van der Waals surface area contributed by atoms with Crippen LogP contribution >= 0.6 is 0 Å². The van der Waals surface area contributed by atoms with Gasteiger partial charge < -0.3 is 14.8 Å². The van der Waals surface area contributed by atoms with Gasteiger partial charge in [0, 0.05) is 56.1 Å². The lowest BCUT2D eigenvalue weighted by Gasteiger charge is -2.33. The van der Waals surface area contributed by atoms with Crippen LogP contribution in [0.4, 0.5) is 0 Å². The van der Waals surface area contributed by atoms with Crippen LogP contribution < -0.4 is 0 Å². The van der Waals surface area contributed by atoms with Crippen molar-refractivity contribution >= 4 is 22.7 Å². The molecule has 1 aromatic heterocycles. The van der Waals surface area contributed by atoms with E-state index >= 15 is 0 Å². The highest BCUT2D eigenvalue weighted by atomic mass is 16.2. The Balaban J connectivity index is 1.34. The van der Waals surface area contributed by atoms with Crippen LogP contribution in [0.2, 0.25) is 0 Å². The number of para-hydroxylation sites is 1. The number of aryl methyl sites for hydroxylation is 2. The fraction of sp³-hybridized carbons (Fsp3) is 0.467. The SMILES string of the molecule is CC(=O)N1CCCN(C(=O)c2[nH]c3ccccc3c2CN2CCC(c3c(C)cccc3C)CC2)CC1. The zero-order valence-electron chi connectivity index (χ0n) is 21.8. The summed E-state index contributed by atoms with van der Waals surface area (Å²) in [4.78, 5) is 35.3. The molecule has 1 N–H and O–H groups in total. The smallest absolute Gasteiger partial charge is 0.270 e. The normalized spacial score (nSPS) is 18.0. The maximum atomic E-state index is 13.7. The van der Waals surface area contributed by atoms with Gasteiger partial charge in [-0.15, -0.1) is 0 Å². The Morgan fingerprint density at radius 2 is 1.53 bits per heavy atom. The second kappa shape index (κ2) is 10.5. The lowest BCUT2D eigenvalue weighted by Crippen LogP contribution is -2.37. The molecule has 5 rings (SSSR count). The van der Waals surface area contributed by atoms with E-state index in [4.69, 9.17) is 0 Å². The number of fused-ring (bicyclic) bond motifs is 1. The van der Waals surface area contributed by atoms with E-state index in [-0.39, 0.29) is 11.8 Å². The average molecular weight is 487 g/mol. The number of nitrogens with zero attached hydrogens (tertiary/aromatic N) is 3. The highest BCUT2D eigenvalue weighted by molar-refractivity contribution is 6.01. The van der Waals surface area contributed by atoms with E-state index in [0.717, 1.165) is 55.4 Å². The van der Waals surface area contributed by atoms with Crippen molar-refractivity contribution in [3.8, 4) is 0 Å². The van der Waals surface area contributed by atoms with Crippen LogP contribution in [-0.4, -0.2) is 70.8 Å². The van der Waals surface area contributed by atoms with E-state index < -0.39 is 0 Å². The van der Waals surface area contributed by atoms with Crippen molar-refractivity contribution < 1.29 is 9.59 Å². The number of carbonyl (C=O) groups excluding carboxylic acids is 2. The third-order valence-corrected chi connectivity index (χ3v) is 8.18. The Morgan fingerprint density at radius 3 is 2.25 bits per heavy atom. The molecule has 3 aromatic rings. The molecule has 2 fully saturated rings. The second-order valence-corrected chi connectivity index (χ2v) is 10.5. The zero-order chi connectivity index (χ0) is 25.2. The largest absolute Gasteiger partial charge is 0.350 e. The van der Waals surface area contributed by atoms with E-state index in [2.05, 4.69) is 60.1 Å². The Kier molecular flexibility index (Phi) is 7.15. The summed E-state index contributed by atoms with van der Waals surface area (Å²) in [7, 11) is 0. The van der Waals surface area contributed by atoms with Gasteiger partial charge in [-0.1, -0.05) is 36.4 Å². The van der Waals surface area contributed by atoms with Crippen molar-refractivity contribution in [1.82, 2.24) is 19.7 Å². The van der Waals surface area contributed by atoms with Gasteiger partial charge in [-0.2, -0.15) is 0 Å². The lowest BCUT2D eigenvalue weighted by molar-refractivity contribution is -0.128. The van der Waals surface area contributed by atoms with E-state index in [1.165, 1.54) is 16.7 Å². The molecule has 2 amide bonds. The summed E-state index contributed by atoms with van der Waals surface area (Å²) in [5.74, 6) is 0.741. The molecule has 6 nitrogen and oxygen atoms in total. The first kappa shape index (κ1) is 24.6. The average Bonchev–Trinajstić information content (AvgIpc) is 3.05. The van der Waals surface area contributed by atoms with Gasteiger partial charge in [0.1, 0.15) is 5.69 Å². The number of rotatable bonds is 4. The molecule has 36 heavy (non-hydrogen) atoms. The van der Waals surface area contributed by atoms with Gasteiger partial charge in [-0.3, -0.25) is 14.5 Å². The summed E-state index contributed by atoms with van der Waals surface area (Å²) >= 11 is 0. The monoisotopic (exact) mass is 486 g/mol. The molecule has 0 unspecified atom stereocenters. The highest BCUT2D eigenvalue weighted by Crippen LogP contribution is 2.34. The van der Waals surface area contributed by atoms with Crippen LogP contribution in [0.15, 0.2) is 42.5 Å². The summed E-state index contributed by atoms with van der Waals surface area (Å²) in [5, 5.41) is 1.14. The number of carbonyl (C=O) groups is 2. The third-order valence-electron chi connectivity index (χ3n) is 8.18.